The molecule has 0 radical (unpaired) electrons. The first-order chi connectivity index (χ1) is 18.3. The minimum atomic E-state index is -2.83. The van der Waals surface area contributed by atoms with Gasteiger partial charge in [-0.25, -0.2) is 13.6 Å². The molecule has 2 aromatic heterocycles. The standard InChI is InChI=1S/C22H21F2N4O5.C2H3N2S.Ni/c1-3-33-21(31)28-7-6-27(20(30)22(28)4-5-22)18-9-14(13(12-29)10-26-18)15-8-16(19(23)24)25-11-17(15)32-2;3-1-5-2-4;/h8-11,19H,3-7H2,1-2H3;1,3-4H;/q2*-1;+2. The van der Waals surface area contributed by atoms with E-state index in [4.69, 9.17) is 20.3 Å². The Morgan fingerprint density at radius 2 is 1.97 bits per heavy atom. The molecule has 11 nitrogen and oxygen atoms in total. The van der Waals surface area contributed by atoms with Crippen LogP contribution in [0.15, 0.2) is 24.5 Å². The third kappa shape index (κ3) is 6.77. The van der Waals surface area contributed by atoms with Crippen molar-refractivity contribution in [1.29, 1.82) is 10.8 Å². The fourth-order valence-electron chi connectivity index (χ4n) is 4.05. The van der Waals surface area contributed by atoms with Crippen LogP contribution in [0.1, 0.15) is 37.4 Å². The van der Waals surface area contributed by atoms with Crippen molar-refractivity contribution in [3.05, 3.63) is 35.8 Å². The summed E-state index contributed by atoms with van der Waals surface area (Å²) in [5.74, 6) is 0.0875. The van der Waals surface area contributed by atoms with E-state index in [1.54, 1.807) is 13.2 Å². The van der Waals surface area contributed by atoms with Crippen molar-refractivity contribution in [3.63, 3.8) is 0 Å². The Kier molecular flexibility index (Phi) is 11.5. The van der Waals surface area contributed by atoms with Crippen molar-refractivity contribution in [2.75, 3.05) is 31.7 Å². The summed E-state index contributed by atoms with van der Waals surface area (Å²) in [7, 11) is 1.35. The summed E-state index contributed by atoms with van der Waals surface area (Å²) in [4.78, 5) is 48.0. The van der Waals surface area contributed by atoms with Crippen molar-refractivity contribution in [2.24, 2.45) is 0 Å². The van der Waals surface area contributed by atoms with Gasteiger partial charge in [-0.2, -0.15) is 0 Å². The maximum Gasteiger partial charge on any atom is 2.00 e. The summed E-state index contributed by atoms with van der Waals surface area (Å²) in [6, 6.07) is 2.59. The predicted octanol–water partition coefficient (Wildman–Crippen LogP) is 3.69. The van der Waals surface area contributed by atoms with E-state index in [1.807, 2.05) is 5.55 Å². The molecule has 210 valence electrons. The van der Waals surface area contributed by atoms with Crippen molar-refractivity contribution >= 4 is 47.0 Å². The number of nitrogens with one attached hydrogen (secondary N) is 2. The van der Waals surface area contributed by atoms with Gasteiger partial charge in [-0.15, -0.1) is 11.1 Å². The van der Waals surface area contributed by atoms with Crippen LogP contribution in [0.4, 0.5) is 19.4 Å². The van der Waals surface area contributed by atoms with Gasteiger partial charge in [-0.05, 0) is 31.4 Å². The summed E-state index contributed by atoms with van der Waals surface area (Å²) in [5, 5.41) is 12.4. The number of piperazine rings is 1. The molecule has 2 fully saturated rings. The summed E-state index contributed by atoms with van der Waals surface area (Å²) >= 11 is 0.921. The molecule has 0 aromatic carbocycles. The number of nitrogens with zero attached hydrogens (tertiary/aromatic N) is 4. The Balaban J connectivity index is 0.000000816. The third-order valence-electron chi connectivity index (χ3n) is 5.94. The van der Waals surface area contributed by atoms with E-state index in [9.17, 15) is 23.2 Å². The quantitative estimate of drug-likeness (QED) is 0.200. The number of hydrogen-bond acceptors (Lipinski definition) is 10. The molecule has 2 N–H and O–H groups in total. The molecule has 4 rings (SSSR count). The zero-order valence-corrected chi connectivity index (χ0v) is 22.6. The average Bonchev–Trinajstić information content (AvgIpc) is 3.71. The molecule has 2 aliphatic rings. The van der Waals surface area contributed by atoms with E-state index in [0.29, 0.717) is 12.8 Å². The van der Waals surface area contributed by atoms with Gasteiger partial charge >= 0.3 is 22.6 Å². The number of carbonyl (C=O) groups is 2. The van der Waals surface area contributed by atoms with Gasteiger partial charge in [0.15, 0.2) is 0 Å². The number of aromatic nitrogens is 2. The molecule has 0 bridgehead atoms. The molecule has 0 atom stereocenters. The van der Waals surface area contributed by atoms with Gasteiger partial charge in [0, 0.05) is 18.6 Å². The second-order valence-electron chi connectivity index (χ2n) is 7.98. The fourth-order valence-corrected chi connectivity index (χ4v) is 4.11. The van der Waals surface area contributed by atoms with Crippen LogP contribution in [0.5, 0.6) is 5.75 Å². The fraction of sp³-hybridized carbons (Fsp3) is 0.375. The number of thioether (sulfide) groups is 1. The molecule has 2 amide bonds. The molecule has 15 heteroatoms. The average molecular weight is 605 g/mol. The van der Waals surface area contributed by atoms with Crippen molar-refractivity contribution in [2.45, 2.75) is 31.7 Å². The monoisotopic (exact) mass is 604 g/mol. The Hall–Kier alpha value is -3.45. The number of halogens is 2. The summed E-state index contributed by atoms with van der Waals surface area (Å²) < 4.78 is 36.9. The van der Waals surface area contributed by atoms with E-state index >= 15 is 0 Å². The van der Waals surface area contributed by atoms with Crippen LogP contribution < -0.4 is 9.64 Å². The smallest absolute Gasteiger partial charge is 0.508 e. The first-order valence-corrected chi connectivity index (χ1v) is 12.2. The zero-order chi connectivity index (χ0) is 27.9. The topological polar surface area (TPSA) is 150 Å². The van der Waals surface area contributed by atoms with Gasteiger partial charge in [0.2, 0.25) is 0 Å². The predicted molar refractivity (Wildman–Crippen MR) is 136 cm³/mol. The number of carbonyl (C=O) groups excluding carboxylic acids is 3. The number of hydrogen-bond donors (Lipinski definition) is 2. The van der Waals surface area contributed by atoms with Crippen molar-refractivity contribution in [3.8, 4) is 16.9 Å². The number of pyridine rings is 2. The minimum Gasteiger partial charge on any atom is -0.508 e. The number of rotatable bonds is 8. The molecule has 3 heterocycles. The number of ether oxygens (including phenoxy) is 2. The Labute approximate surface area is 237 Å². The minimum absolute atomic E-state index is 0. The SMILES string of the molecule is CCOC(=O)N1CCN(c2cc(-c3cc(C(F)F)ncc3OC)c([C-]=O)cn2)C(=O)C12CC2.N=[C-]SC=N.[Ni+2]. The van der Waals surface area contributed by atoms with Crippen LogP contribution in [-0.4, -0.2) is 76.6 Å². The van der Waals surface area contributed by atoms with E-state index in [2.05, 4.69) is 9.97 Å². The van der Waals surface area contributed by atoms with E-state index in [-0.39, 0.29) is 70.4 Å². The molecule has 1 saturated heterocycles. The number of methoxy groups -OCH3 is 1. The van der Waals surface area contributed by atoms with Crippen molar-refractivity contribution in [1.82, 2.24) is 14.9 Å². The molecule has 1 spiro atoms. The summed E-state index contributed by atoms with van der Waals surface area (Å²) in [6.45, 7) is 2.30. The molecule has 1 saturated carbocycles. The second kappa shape index (κ2) is 14.1. The first-order valence-electron chi connectivity index (χ1n) is 11.3. The maximum absolute atomic E-state index is 13.3. The molecule has 39 heavy (non-hydrogen) atoms. The van der Waals surface area contributed by atoms with Crippen LogP contribution in [0.2, 0.25) is 0 Å². The van der Waals surface area contributed by atoms with Gasteiger partial charge in [0.25, 0.3) is 12.3 Å². The van der Waals surface area contributed by atoms with Gasteiger partial charge in [0.1, 0.15) is 22.8 Å². The molecule has 1 aliphatic heterocycles. The Morgan fingerprint density at radius 3 is 2.49 bits per heavy atom. The second-order valence-corrected chi connectivity index (χ2v) is 8.65. The normalized spacial score (nSPS) is 15.1. The van der Waals surface area contributed by atoms with Gasteiger partial charge < -0.3 is 35.6 Å². The number of amides is 2. The molecule has 0 unspecified atom stereocenters. The van der Waals surface area contributed by atoms with E-state index < -0.39 is 23.8 Å². The molecule has 1 aliphatic carbocycles. The molecular weight excluding hydrogens is 581 g/mol. The van der Waals surface area contributed by atoms with E-state index in [1.165, 1.54) is 29.2 Å². The van der Waals surface area contributed by atoms with E-state index in [0.717, 1.165) is 29.6 Å². The largest absolute Gasteiger partial charge is 2.00 e. The number of alkyl halides is 2. The van der Waals surface area contributed by atoms with Crippen LogP contribution in [-0.2, 0) is 30.8 Å². The van der Waals surface area contributed by atoms with Gasteiger partial charge in [-0.3, -0.25) is 31.3 Å². The maximum atomic E-state index is 13.3. The van der Waals surface area contributed by atoms with Crippen LogP contribution in [0.25, 0.3) is 11.1 Å². The molecule has 2 aromatic rings. The van der Waals surface area contributed by atoms with Crippen LogP contribution in [0.3, 0.4) is 0 Å². The van der Waals surface area contributed by atoms with Crippen LogP contribution >= 0.6 is 11.8 Å². The summed E-state index contributed by atoms with van der Waals surface area (Å²) in [6.07, 6.45) is 1.77. The number of anilines is 1. The van der Waals surface area contributed by atoms with Gasteiger partial charge in [0.05, 0.1) is 26.2 Å². The van der Waals surface area contributed by atoms with Crippen LogP contribution in [0, 0.1) is 10.8 Å². The zero-order valence-electron chi connectivity index (χ0n) is 20.8. The molecular formula is C24H24F2N6NiO5S. The third-order valence-corrected chi connectivity index (χ3v) is 6.17. The van der Waals surface area contributed by atoms with Crippen molar-refractivity contribution < 1.29 is 49.1 Å². The first kappa shape index (κ1) is 31.8. The Bertz CT molecular complexity index is 1230. The Morgan fingerprint density at radius 1 is 1.26 bits per heavy atom. The summed E-state index contributed by atoms with van der Waals surface area (Å²) in [5.41, 5.74) is 1.96. The van der Waals surface area contributed by atoms with Gasteiger partial charge in [-0.1, -0.05) is 12.3 Å².